The summed E-state index contributed by atoms with van der Waals surface area (Å²) < 4.78 is 5.00. The van der Waals surface area contributed by atoms with Gasteiger partial charge in [0.05, 0.1) is 5.69 Å². The molecule has 0 bridgehead atoms. The van der Waals surface area contributed by atoms with Crippen molar-refractivity contribution in [2.45, 2.75) is 13.8 Å². The van der Waals surface area contributed by atoms with E-state index < -0.39 is 6.03 Å². The van der Waals surface area contributed by atoms with Crippen molar-refractivity contribution in [3.63, 3.8) is 0 Å². The smallest absolute Gasteiger partial charge is 0.320 e. The summed E-state index contributed by atoms with van der Waals surface area (Å²) in [5, 5.41) is 2.23. The Balaban J connectivity index is 2.81. The molecule has 0 aliphatic carbocycles. The molecule has 5 nitrogen and oxygen atoms in total. The van der Waals surface area contributed by atoms with Crippen LogP contribution in [-0.4, -0.2) is 11.0 Å². The number of primary amides is 1. The average Bonchev–Trinajstić information content (AvgIpc) is 2.10. The summed E-state index contributed by atoms with van der Waals surface area (Å²) in [5.41, 5.74) is 5.58. The normalized spacial score (nSPS) is 9.64. The van der Waals surface area contributed by atoms with Crippen LogP contribution in [0.25, 0.3) is 0 Å². The maximum absolute atomic E-state index is 10.3. The van der Waals surface area contributed by atoms with Crippen molar-refractivity contribution in [2.24, 2.45) is 5.73 Å². The lowest BCUT2D eigenvalue weighted by molar-refractivity contribution is 0.258. The number of carbonyl (C=O) groups excluding carboxylic acids is 1. The number of aromatic nitrogens is 1. The monoisotopic (exact) mass is 155 g/mol. The molecule has 0 atom stereocenters. The molecule has 1 aromatic heterocycles. The van der Waals surface area contributed by atoms with E-state index in [1.165, 1.54) is 0 Å². The van der Waals surface area contributed by atoms with Crippen LogP contribution in [0.4, 0.5) is 10.8 Å². The van der Waals surface area contributed by atoms with E-state index in [4.69, 9.17) is 10.2 Å². The number of carbonyl (C=O) groups is 1. The van der Waals surface area contributed by atoms with Gasteiger partial charge in [-0.05, 0) is 13.8 Å². The van der Waals surface area contributed by atoms with Gasteiger partial charge in [-0.3, -0.25) is 5.32 Å². The molecule has 0 saturated carbocycles. The highest BCUT2D eigenvalue weighted by molar-refractivity contribution is 5.85. The second-order valence-corrected chi connectivity index (χ2v) is 2.15. The average molecular weight is 155 g/mol. The van der Waals surface area contributed by atoms with Crippen LogP contribution in [0.3, 0.4) is 0 Å². The van der Waals surface area contributed by atoms with Gasteiger partial charge in [-0.1, -0.05) is 0 Å². The van der Waals surface area contributed by atoms with Gasteiger partial charge >= 0.3 is 12.0 Å². The van der Waals surface area contributed by atoms with Gasteiger partial charge < -0.3 is 10.2 Å². The van der Waals surface area contributed by atoms with Crippen LogP contribution in [0, 0.1) is 13.8 Å². The van der Waals surface area contributed by atoms with E-state index >= 15 is 0 Å². The number of anilines is 1. The standard InChI is InChI=1S/C6H9N3O2/c1-3-4(2)11-6(8-3)9-5(7)10/h1-2H3,(H3,7,8,9,10). The molecule has 60 valence electrons. The van der Waals surface area contributed by atoms with Crippen molar-refractivity contribution in [3.05, 3.63) is 11.5 Å². The number of nitrogens with two attached hydrogens (primary N) is 1. The van der Waals surface area contributed by atoms with E-state index in [0.717, 1.165) is 5.69 Å². The fraction of sp³-hybridized carbons (Fsp3) is 0.333. The predicted octanol–water partition coefficient (Wildman–Crippen LogP) is 0.782. The number of nitrogens with zero attached hydrogens (tertiary/aromatic N) is 1. The van der Waals surface area contributed by atoms with Crippen molar-refractivity contribution in [1.29, 1.82) is 0 Å². The number of aryl methyl sites for hydroxylation is 2. The molecule has 1 heterocycles. The maximum atomic E-state index is 10.3. The van der Waals surface area contributed by atoms with Gasteiger partial charge in [0.15, 0.2) is 0 Å². The zero-order valence-corrected chi connectivity index (χ0v) is 6.34. The maximum Gasteiger partial charge on any atom is 0.320 e. The summed E-state index contributed by atoms with van der Waals surface area (Å²) in [5.74, 6) is 0.675. The summed E-state index contributed by atoms with van der Waals surface area (Å²) >= 11 is 0. The molecule has 5 heteroatoms. The van der Waals surface area contributed by atoms with E-state index in [-0.39, 0.29) is 6.01 Å². The third-order valence-electron chi connectivity index (χ3n) is 1.26. The second-order valence-electron chi connectivity index (χ2n) is 2.15. The van der Waals surface area contributed by atoms with E-state index in [9.17, 15) is 4.79 Å². The lowest BCUT2D eigenvalue weighted by Gasteiger charge is -1.90. The molecule has 1 rings (SSSR count). The van der Waals surface area contributed by atoms with Crippen molar-refractivity contribution in [2.75, 3.05) is 5.32 Å². The summed E-state index contributed by atoms with van der Waals surface area (Å²) in [4.78, 5) is 14.2. The molecule has 2 amide bonds. The van der Waals surface area contributed by atoms with Gasteiger partial charge in [0.2, 0.25) is 0 Å². The highest BCUT2D eigenvalue weighted by Crippen LogP contribution is 2.11. The van der Waals surface area contributed by atoms with E-state index in [1.807, 2.05) is 0 Å². The Labute approximate surface area is 63.6 Å². The Morgan fingerprint density at radius 1 is 1.64 bits per heavy atom. The first kappa shape index (κ1) is 7.59. The SMILES string of the molecule is Cc1nc(NC(N)=O)oc1C. The van der Waals surface area contributed by atoms with E-state index in [1.54, 1.807) is 13.8 Å². The third-order valence-corrected chi connectivity index (χ3v) is 1.26. The largest absolute Gasteiger partial charge is 0.428 e. The lowest BCUT2D eigenvalue weighted by atomic mass is 10.4. The molecule has 0 radical (unpaired) electrons. The van der Waals surface area contributed by atoms with E-state index in [0.29, 0.717) is 5.76 Å². The topological polar surface area (TPSA) is 81.1 Å². The minimum Gasteiger partial charge on any atom is -0.428 e. The third kappa shape index (κ3) is 1.70. The fourth-order valence-electron chi connectivity index (χ4n) is 0.632. The van der Waals surface area contributed by atoms with Gasteiger partial charge in [-0.2, -0.15) is 4.98 Å². The van der Waals surface area contributed by atoms with Gasteiger partial charge in [0.25, 0.3) is 0 Å². The molecule has 11 heavy (non-hydrogen) atoms. The molecule has 1 aromatic rings. The molecule has 0 saturated heterocycles. The zero-order chi connectivity index (χ0) is 8.43. The van der Waals surface area contributed by atoms with Crippen LogP contribution in [-0.2, 0) is 0 Å². The van der Waals surface area contributed by atoms with Crippen LogP contribution in [0.1, 0.15) is 11.5 Å². The van der Waals surface area contributed by atoms with Crippen molar-refractivity contribution in [3.8, 4) is 0 Å². The summed E-state index contributed by atoms with van der Waals surface area (Å²) in [7, 11) is 0. The predicted molar refractivity (Wildman–Crippen MR) is 39.2 cm³/mol. The van der Waals surface area contributed by atoms with Gasteiger partial charge in [-0.15, -0.1) is 0 Å². The molecule has 3 N–H and O–H groups in total. The Morgan fingerprint density at radius 3 is 2.64 bits per heavy atom. The summed E-state index contributed by atoms with van der Waals surface area (Å²) in [6.07, 6.45) is 0. The van der Waals surface area contributed by atoms with E-state index in [2.05, 4.69) is 10.3 Å². The van der Waals surface area contributed by atoms with Crippen LogP contribution in [0.15, 0.2) is 4.42 Å². The Morgan fingerprint density at radius 2 is 2.27 bits per heavy atom. The van der Waals surface area contributed by atoms with Crippen molar-refractivity contribution < 1.29 is 9.21 Å². The van der Waals surface area contributed by atoms with Crippen LogP contribution in [0.2, 0.25) is 0 Å². The molecule has 0 fully saturated rings. The van der Waals surface area contributed by atoms with Gasteiger partial charge in [0, 0.05) is 0 Å². The highest BCUT2D eigenvalue weighted by Gasteiger charge is 2.05. The van der Waals surface area contributed by atoms with Crippen LogP contribution >= 0.6 is 0 Å². The van der Waals surface area contributed by atoms with Gasteiger partial charge in [-0.25, -0.2) is 4.79 Å². The molecular formula is C6H9N3O2. The van der Waals surface area contributed by atoms with Crippen LogP contribution in [0.5, 0.6) is 0 Å². The molecule has 0 spiro atoms. The second kappa shape index (κ2) is 2.61. The number of hydrogen-bond donors (Lipinski definition) is 2. The van der Waals surface area contributed by atoms with Gasteiger partial charge in [0.1, 0.15) is 5.76 Å². The van der Waals surface area contributed by atoms with Crippen molar-refractivity contribution in [1.82, 2.24) is 4.98 Å². The highest BCUT2D eigenvalue weighted by atomic mass is 16.4. The first-order valence-electron chi connectivity index (χ1n) is 3.10. The number of nitrogens with one attached hydrogen (secondary N) is 1. The molecule has 0 aliphatic heterocycles. The summed E-state index contributed by atoms with van der Waals surface area (Å²) in [6.45, 7) is 3.54. The quantitative estimate of drug-likeness (QED) is 0.628. The first-order valence-corrected chi connectivity index (χ1v) is 3.10. The number of urea groups is 1. The number of oxazole rings is 1. The minimum atomic E-state index is -0.675. The fourth-order valence-corrected chi connectivity index (χ4v) is 0.632. The lowest BCUT2D eigenvalue weighted by Crippen LogP contribution is -2.19. The minimum absolute atomic E-state index is 0.146. The number of hydrogen-bond acceptors (Lipinski definition) is 3. The Kier molecular flexibility index (Phi) is 1.80. The first-order chi connectivity index (χ1) is 5.09. The zero-order valence-electron chi connectivity index (χ0n) is 6.34. The number of amides is 2. The molecule has 0 aromatic carbocycles. The molecule has 0 aliphatic rings. The summed E-state index contributed by atoms with van der Waals surface area (Å²) in [6, 6.07) is -0.529. The molecule has 0 unspecified atom stereocenters. The Bertz CT molecular complexity index is 260. The van der Waals surface area contributed by atoms with Crippen molar-refractivity contribution >= 4 is 12.0 Å². The Hall–Kier alpha value is -1.52. The molecular weight excluding hydrogens is 146 g/mol. The van der Waals surface area contributed by atoms with Crippen LogP contribution < -0.4 is 11.1 Å². The number of rotatable bonds is 1.